The van der Waals surface area contributed by atoms with Gasteiger partial charge in [-0.05, 0) is 31.3 Å². The predicted octanol–water partition coefficient (Wildman–Crippen LogP) is 2.42. The second-order valence-corrected chi connectivity index (χ2v) is 6.86. The number of hydrogen-bond donors (Lipinski definition) is 2. The van der Waals surface area contributed by atoms with E-state index in [2.05, 4.69) is 32.1 Å². The Labute approximate surface area is 164 Å². The minimum atomic E-state index is 0.324. The van der Waals surface area contributed by atoms with Crippen LogP contribution in [0.2, 0.25) is 5.02 Å². The molecular formula is C19H25ClN6O. The molecule has 144 valence electrons. The summed E-state index contributed by atoms with van der Waals surface area (Å²) in [6, 6.07) is 9.35. The van der Waals surface area contributed by atoms with Crippen LogP contribution in [-0.2, 0) is 6.54 Å². The Hall–Kier alpha value is -2.51. The molecule has 2 heterocycles. The molecule has 7 nitrogen and oxygen atoms in total. The molecule has 8 heteroatoms. The lowest BCUT2D eigenvalue weighted by Crippen LogP contribution is -2.45. The van der Waals surface area contributed by atoms with Crippen LogP contribution in [0, 0.1) is 0 Å². The number of piperazine rings is 1. The van der Waals surface area contributed by atoms with E-state index < -0.39 is 0 Å². The van der Waals surface area contributed by atoms with Gasteiger partial charge in [-0.2, -0.15) is 0 Å². The molecule has 27 heavy (non-hydrogen) atoms. The van der Waals surface area contributed by atoms with Crippen LogP contribution in [0.4, 0.5) is 11.5 Å². The molecule has 1 aliphatic rings. The van der Waals surface area contributed by atoms with Gasteiger partial charge in [-0.25, -0.2) is 9.98 Å². The van der Waals surface area contributed by atoms with Gasteiger partial charge in [0.1, 0.15) is 11.6 Å². The quantitative estimate of drug-likeness (QED) is 0.605. The first-order valence-electron chi connectivity index (χ1n) is 8.84. The first-order chi connectivity index (χ1) is 13.1. The molecule has 3 rings (SSSR count). The van der Waals surface area contributed by atoms with Crippen LogP contribution in [0.25, 0.3) is 0 Å². The SMILES string of the molecule is COc1ccc(NC(N)=NCc2cccnc2N2CCN(C)CC2)cc1Cl. The van der Waals surface area contributed by atoms with Crippen molar-refractivity contribution in [1.29, 1.82) is 0 Å². The molecular weight excluding hydrogens is 364 g/mol. The number of nitrogens with one attached hydrogen (secondary N) is 1. The number of hydrogen-bond acceptors (Lipinski definition) is 5. The maximum absolute atomic E-state index is 6.14. The molecule has 0 aliphatic carbocycles. The van der Waals surface area contributed by atoms with E-state index in [4.69, 9.17) is 22.1 Å². The minimum absolute atomic E-state index is 0.324. The van der Waals surface area contributed by atoms with E-state index in [1.807, 2.05) is 24.4 Å². The molecule has 0 spiro atoms. The molecule has 0 atom stereocenters. The van der Waals surface area contributed by atoms with Gasteiger partial charge < -0.3 is 25.6 Å². The summed E-state index contributed by atoms with van der Waals surface area (Å²) in [4.78, 5) is 13.7. The fourth-order valence-electron chi connectivity index (χ4n) is 2.96. The maximum atomic E-state index is 6.14. The lowest BCUT2D eigenvalue weighted by molar-refractivity contribution is 0.312. The van der Waals surface area contributed by atoms with Gasteiger partial charge in [-0.15, -0.1) is 0 Å². The average Bonchev–Trinajstić information content (AvgIpc) is 2.67. The highest BCUT2D eigenvalue weighted by Gasteiger charge is 2.17. The number of nitrogens with two attached hydrogens (primary N) is 1. The third kappa shape index (κ3) is 5.02. The highest BCUT2D eigenvalue weighted by atomic mass is 35.5. The lowest BCUT2D eigenvalue weighted by Gasteiger charge is -2.34. The highest BCUT2D eigenvalue weighted by molar-refractivity contribution is 6.32. The van der Waals surface area contributed by atoms with E-state index in [0.717, 1.165) is 43.2 Å². The summed E-state index contributed by atoms with van der Waals surface area (Å²) >= 11 is 6.14. The molecule has 2 aromatic rings. The van der Waals surface area contributed by atoms with Crippen molar-refractivity contribution in [2.75, 3.05) is 50.6 Å². The summed E-state index contributed by atoms with van der Waals surface area (Å²) in [6.45, 7) is 4.44. The second kappa shape index (κ2) is 8.92. The van der Waals surface area contributed by atoms with E-state index in [1.54, 1.807) is 19.2 Å². The highest BCUT2D eigenvalue weighted by Crippen LogP contribution is 2.27. The summed E-state index contributed by atoms with van der Waals surface area (Å²) in [5.41, 5.74) is 7.86. The van der Waals surface area contributed by atoms with E-state index in [-0.39, 0.29) is 0 Å². The normalized spacial score (nSPS) is 15.7. The molecule has 1 aromatic carbocycles. The van der Waals surface area contributed by atoms with Gasteiger partial charge in [0, 0.05) is 43.6 Å². The van der Waals surface area contributed by atoms with Crippen LogP contribution in [0.1, 0.15) is 5.56 Å². The standard InChI is InChI=1S/C19H25ClN6O/c1-25-8-10-26(11-9-25)18-14(4-3-7-22-18)13-23-19(21)24-15-5-6-17(27-2)16(20)12-15/h3-7,12H,8-11,13H2,1-2H3,(H3,21,23,24). The molecule has 1 aliphatic heterocycles. The smallest absolute Gasteiger partial charge is 0.193 e. The number of halogens is 1. The summed E-state index contributed by atoms with van der Waals surface area (Å²) in [5, 5.41) is 3.57. The molecule has 0 unspecified atom stereocenters. The Balaban J connectivity index is 1.67. The van der Waals surface area contributed by atoms with E-state index >= 15 is 0 Å². The lowest BCUT2D eigenvalue weighted by atomic mass is 10.2. The number of aliphatic imine (C=N–C) groups is 1. The minimum Gasteiger partial charge on any atom is -0.495 e. The van der Waals surface area contributed by atoms with Crippen molar-refractivity contribution >= 4 is 29.1 Å². The van der Waals surface area contributed by atoms with Crippen LogP contribution in [0.5, 0.6) is 5.75 Å². The van der Waals surface area contributed by atoms with Gasteiger partial charge in [0.2, 0.25) is 0 Å². The van der Waals surface area contributed by atoms with Gasteiger partial charge >= 0.3 is 0 Å². The van der Waals surface area contributed by atoms with E-state index in [9.17, 15) is 0 Å². The molecule has 0 amide bonds. The Morgan fingerprint density at radius 1 is 1.30 bits per heavy atom. The Morgan fingerprint density at radius 3 is 2.78 bits per heavy atom. The van der Waals surface area contributed by atoms with Crippen molar-refractivity contribution in [2.24, 2.45) is 10.7 Å². The zero-order valence-electron chi connectivity index (χ0n) is 15.7. The van der Waals surface area contributed by atoms with Gasteiger partial charge in [-0.3, -0.25) is 0 Å². The number of anilines is 2. The fourth-order valence-corrected chi connectivity index (χ4v) is 3.22. The van der Waals surface area contributed by atoms with E-state index in [0.29, 0.717) is 23.3 Å². The van der Waals surface area contributed by atoms with Crippen molar-refractivity contribution in [3.8, 4) is 5.75 Å². The molecule has 0 radical (unpaired) electrons. The average molecular weight is 389 g/mol. The molecule has 0 bridgehead atoms. The molecule has 1 saturated heterocycles. The Bertz CT molecular complexity index is 805. The maximum Gasteiger partial charge on any atom is 0.193 e. The third-order valence-corrected chi connectivity index (χ3v) is 4.81. The fraction of sp³-hybridized carbons (Fsp3) is 0.368. The third-order valence-electron chi connectivity index (χ3n) is 4.51. The van der Waals surface area contributed by atoms with E-state index in [1.165, 1.54) is 0 Å². The van der Waals surface area contributed by atoms with Gasteiger partial charge in [-0.1, -0.05) is 17.7 Å². The van der Waals surface area contributed by atoms with Crippen molar-refractivity contribution in [2.45, 2.75) is 6.54 Å². The number of ether oxygens (including phenoxy) is 1. The second-order valence-electron chi connectivity index (χ2n) is 6.45. The molecule has 1 fully saturated rings. The number of rotatable bonds is 5. The van der Waals surface area contributed by atoms with Crippen LogP contribution >= 0.6 is 11.6 Å². The first-order valence-corrected chi connectivity index (χ1v) is 9.22. The zero-order chi connectivity index (χ0) is 19.2. The summed E-state index contributed by atoms with van der Waals surface area (Å²) < 4.78 is 5.15. The Morgan fingerprint density at radius 2 is 2.07 bits per heavy atom. The monoisotopic (exact) mass is 388 g/mol. The van der Waals surface area contributed by atoms with Crippen molar-refractivity contribution < 1.29 is 4.74 Å². The van der Waals surface area contributed by atoms with Crippen LogP contribution in [-0.4, -0.2) is 56.2 Å². The number of guanidine groups is 1. The van der Waals surface area contributed by atoms with Crippen molar-refractivity contribution in [1.82, 2.24) is 9.88 Å². The number of nitrogens with zero attached hydrogens (tertiary/aromatic N) is 4. The predicted molar refractivity (Wildman–Crippen MR) is 111 cm³/mol. The summed E-state index contributed by atoms with van der Waals surface area (Å²) in [7, 11) is 3.72. The number of benzene rings is 1. The van der Waals surface area contributed by atoms with Crippen LogP contribution in [0.15, 0.2) is 41.5 Å². The van der Waals surface area contributed by atoms with Crippen LogP contribution in [0.3, 0.4) is 0 Å². The molecule has 1 aromatic heterocycles. The first kappa shape index (κ1) is 19.3. The van der Waals surface area contributed by atoms with Gasteiger partial charge in [0.15, 0.2) is 5.96 Å². The molecule has 0 saturated carbocycles. The topological polar surface area (TPSA) is 79.0 Å². The van der Waals surface area contributed by atoms with Gasteiger partial charge in [0.25, 0.3) is 0 Å². The summed E-state index contributed by atoms with van der Waals surface area (Å²) in [6.07, 6.45) is 1.82. The van der Waals surface area contributed by atoms with Crippen molar-refractivity contribution in [3.63, 3.8) is 0 Å². The number of likely N-dealkylation sites (N-methyl/N-ethyl adjacent to an activating group) is 1. The largest absolute Gasteiger partial charge is 0.495 e. The van der Waals surface area contributed by atoms with Gasteiger partial charge in [0.05, 0.1) is 18.7 Å². The number of methoxy groups -OCH3 is 1. The zero-order valence-corrected chi connectivity index (χ0v) is 16.4. The summed E-state index contributed by atoms with van der Waals surface area (Å²) in [5.74, 6) is 1.92. The Kier molecular flexibility index (Phi) is 6.36. The number of aromatic nitrogens is 1. The number of pyridine rings is 1. The van der Waals surface area contributed by atoms with Crippen molar-refractivity contribution in [3.05, 3.63) is 47.1 Å². The van der Waals surface area contributed by atoms with Crippen LogP contribution < -0.4 is 20.7 Å². The molecule has 3 N–H and O–H groups in total.